The van der Waals surface area contributed by atoms with Crippen molar-refractivity contribution in [2.24, 2.45) is 0 Å². The van der Waals surface area contributed by atoms with Crippen LogP contribution in [-0.4, -0.2) is 4.57 Å². The molecule has 0 fully saturated rings. The highest BCUT2D eigenvalue weighted by atomic mass is 32.2. The van der Waals surface area contributed by atoms with Crippen molar-refractivity contribution >= 4 is 66.5 Å². The summed E-state index contributed by atoms with van der Waals surface area (Å²) in [5.74, 6) is 0. The van der Waals surface area contributed by atoms with Gasteiger partial charge in [-0.15, -0.1) is 0 Å². The molecule has 2 aliphatic heterocycles. The number of nitrogens with zero attached hydrogens (tertiary/aromatic N) is 1. The van der Waals surface area contributed by atoms with Crippen LogP contribution in [0.15, 0.2) is 187 Å². The summed E-state index contributed by atoms with van der Waals surface area (Å²) in [6.45, 7) is 0. The summed E-state index contributed by atoms with van der Waals surface area (Å²) >= 11 is 1.90. The van der Waals surface area contributed by atoms with Crippen LogP contribution in [-0.2, 0) is 0 Å². The van der Waals surface area contributed by atoms with E-state index in [1.54, 1.807) is 0 Å². The summed E-state index contributed by atoms with van der Waals surface area (Å²) in [4.78, 5) is 1.30. The average molecular weight is 713 g/mol. The van der Waals surface area contributed by atoms with E-state index < -0.39 is 0 Å². The van der Waals surface area contributed by atoms with Crippen LogP contribution in [0.1, 0.15) is 39.8 Å². The van der Waals surface area contributed by atoms with E-state index >= 15 is 0 Å². The van der Waals surface area contributed by atoms with Gasteiger partial charge in [-0.25, -0.2) is 0 Å². The monoisotopic (exact) mass is 712 g/mol. The summed E-state index contributed by atoms with van der Waals surface area (Å²) in [5.41, 5.74) is 10.8. The molecule has 9 aromatic rings. The van der Waals surface area contributed by atoms with Gasteiger partial charge in [-0.2, -0.15) is 0 Å². The standard InChI is InChI=1S/C49H36N4S/c1-4-12-31(13-5-1)41-30-42(35-22-26-40-39-18-10-11-19-43(39)53(44(40)29-35)37-16-8-3-9-17-37)51-48(50-41)36-23-25-38-34(28-36)21-20-32-24-27-45-47(46(32)38)52-49(54-45)33-14-6-2-7-15-33/h1-30,42,48-52H. The van der Waals surface area contributed by atoms with Crippen molar-refractivity contribution in [2.75, 3.05) is 5.32 Å². The minimum Gasteiger partial charge on any atom is -0.368 e. The summed E-state index contributed by atoms with van der Waals surface area (Å²) < 4.78 is 2.40. The predicted molar refractivity (Wildman–Crippen MR) is 227 cm³/mol. The summed E-state index contributed by atoms with van der Waals surface area (Å²) in [6.07, 6.45) is 2.23. The predicted octanol–water partition coefficient (Wildman–Crippen LogP) is 12.3. The van der Waals surface area contributed by atoms with Crippen molar-refractivity contribution < 1.29 is 0 Å². The summed E-state index contributed by atoms with van der Waals surface area (Å²) in [7, 11) is 0. The fourth-order valence-corrected chi connectivity index (χ4v) is 9.64. The lowest BCUT2D eigenvalue weighted by atomic mass is 9.95. The number of thioether (sulfide) groups is 1. The third-order valence-corrected chi connectivity index (χ3v) is 12.3. The fraction of sp³-hybridized carbons (Fsp3) is 0.0612. The van der Waals surface area contributed by atoms with Crippen LogP contribution in [0, 0.1) is 0 Å². The van der Waals surface area contributed by atoms with Crippen LogP contribution in [0.3, 0.4) is 0 Å². The smallest absolute Gasteiger partial charge is 0.104 e. The first-order valence-electron chi connectivity index (χ1n) is 18.6. The van der Waals surface area contributed by atoms with Crippen molar-refractivity contribution in [1.29, 1.82) is 0 Å². The Kier molecular flexibility index (Phi) is 7.35. The van der Waals surface area contributed by atoms with Crippen LogP contribution in [0.5, 0.6) is 0 Å². The zero-order chi connectivity index (χ0) is 35.6. The number of benzene rings is 8. The topological polar surface area (TPSA) is 41.0 Å². The normalized spacial score (nSPS) is 18.1. The van der Waals surface area contributed by atoms with E-state index in [0.29, 0.717) is 0 Å². The summed E-state index contributed by atoms with van der Waals surface area (Å²) in [6, 6.07) is 63.8. The van der Waals surface area contributed by atoms with E-state index in [-0.39, 0.29) is 17.6 Å². The molecule has 3 atom stereocenters. The van der Waals surface area contributed by atoms with Crippen LogP contribution in [0.25, 0.3) is 54.7 Å². The molecule has 0 radical (unpaired) electrons. The number of rotatable bonds is 5. The van der Waals surface area contributed by atoms with Gasteiger partial charge in [-0.3, -0.25) is 5.32 Å². The molecule has 2 aliphatic rings. The quantitative estimate of drug-likeness (QED) is 0.155. The van der Waals surface area contributed by atoms with Crippen molar-refractivity contribution in [1.82, 2.24) is 15.2 Å². The van der Waals surface area contributed by atoms with Gasteiger partial charge in [-0.1, -0.05) is 151 Å². The van der Waals surface area contributed by atoms with E-state index in [0.717, 1.165) is 11.4 Å². The van der Waals surface area contributed by atoms with Gasteiger partial charge < -0.3 is 15.2 Å². The van der Waals surface area contributed by atoms with Gasteiger partial charge in [0.25, 0.3) is 0 Å². The zero-order valence-corrected chi connectivity index (χ0v) is 30.2. The van der Waals surface area contributed by atoms with Crippen LogP contribution in [0.2, 0.25) is 0 Å². The molecule has 3 N–H and O–H groups in total. The first-order chi connectivity index (χ1) is 26.7. The van der Waals surface area contributed by atoms with Crippen LogP contribution >= 0.6 is 11.8 Å². The molecule has 258 valence electrons. The maximum absolute atomic E-state index is 4.00. The molecule has 11 rings (SSSR count). The largest absolute Gasteiger partial charge is 0.368 e. The molecule has 4 nitrogen and oxygen atoms in total. The molecule has 0 saturated heterocycles. The molecule has 3 heterocycles. The molecule has 0 bridgehead atoms. The molecule has 0 amide bonds. The molecule has 0 aliphatic carbocycles. The third kappa shape index (κ3) is 5.19. The molecule has 1 aromatic heterocycles. The van der Waals surface area contributed by atoms with Gasteiger partial charge in [0, 0.05) is 32.4 Å². The molecular formula is C49H36N4S. The number of anilines is 1. The Hall–Kier alpha value is -6.27. The van der Waals surface area contributed by atoms with Crippen molar-refractivity contribution in [3.05, 3.63) is 204 Å². The van der Waals surface area contributed by atoms with E-state index in [9.17, 15) is 0 Å². The lowest BCUT2D eigenvalue weighted by Gasteiger charge is -2.33. The number of hydrogen-bond acceptors (Lipinski definition) is 4. The van der Waals surface area contributed by atoms with E-state index in [1.807, 2.05) is 11.8 Å². The molecule has 0 spiro atoms. The SMILES string of the molecule is C1=C(c2ccccc2)NC(c2ccc3c(ccc4ccc5c(c43)NC(c3ccccc3)S5)c2)NC1c1ccc2c3ccccc3n(-c3ccccc3)c2c1. The zero-order valence-electron chi connectivity index (χ0n) is 29.4. The molecule has 5 heteroatoms. The Morgan fingerprint density at radius 2 is 1.19 bits per heavy atom. The highest BCUT2D eigenvalue weighted by Crippen LogP contribution is 2.50. The van der Waals surface area contributed by atoms with Crippen molar-refractivity contribution in [3.63, 3.8) is 0 Å². The second-order valence-corrected chi connectivity index (χ2v) is 15.4. The van der Waals surface area contributed by atoms with E-state index in [4.69, 9.17) is 0 Å². The van der Waals surface area contributed by atoms with E-state index in [1.165, 1.54) is 76.2 Å². The Morgan fingerprint density at radius 3 is 2.04 bits per heavy atom. The maximum atomic E-state index is 4.00. The van der Waals surface area contributed by atoms with Crippen LogP contribution in [0.4, 0.5) is 5.69 Å². The third-order valence-electron chi connectivity index (χ3n) is 11.1. The Balaban J connectivity index is 1.00. The van der Waals surface area contributed by atoms with Gasteiger partial charge in [0.05, 0.1) is 22.8 Å². The molecule has 0 saturated carbocycles. The second kappa shape index (κ2) is 12.7. The minimum absolute atomic E-state index is 0.0233. The van der Waals surface area contributed by atoms with Crippen molar-refractivity contribution in [3.8, 4) is 5.69 Å². The summed E-state index contributed by atoms with van der Waals surface area (Å²) in [5, 5.41) is 19.5. The Morgan fingerprint density at radius 1 is 0.500 bits per heavy atom. The maximum Gasteiger partial charge on any atom is 0.104 e. The number of hydrogen-bond donors (Lipinski definition) is 3. The first-order valence-corrected chi connectivity index (χ1v) is 19.5. The fourth-order valence-electron chi connectivity index (χ4n) is 8.49. The minimum atomic E-state index is -0.108. The van der Waals surface area contributed by atoms with Crippen LogP contribution < -0.4 is 16.0 Å². The molecule has 8 aromatic carbocycles. The van der Waals surface area contributed by atoms with Gasteiger partial charge in [0.15, 0.2) is 0 Å². The van der Waals surface area contributed by atoms with Gasteiger partial charge >= 0.3 is 0 Å². The average Bonchev–Trinajstić information content (AvgIpc) is 3.84. The highest BCUT2D eigenvalue weighted by Gasteiger charge is 2.28. The molecule has 54 heavy (non-hydrogen) atoms. The number of nitrogens with one attached hydrogen (secondary N) is 3. The molecule has 3 unspecified atom stereocenters. The van der Waals surface area contributed by atoms with E-state index in [2.05, 4.69) is 203 Å². The lowest BCUT2D eigenvalue weighted by molar-refractivity contribution is 0.443. The Labute approximate surface area is 318 Å². The Bertz CT molecular complexity index is 2900. The molecular weight excluding hydrogens is 677 g/mol. The first kappa shape index (κ1) is 31.3. The van der Waals surface area contributed by atoms with Crippen molar-refractivity contribution in [2.45, 2.75) is 22.5 Å². The van der Waals surface area contributed by atoms with Gasteiger partial charge in [0.2, 0.25) is 0 Å². The number of para-hydroxylation sites is 2. The van der Waals surface area contributed by atoms with Gasteiger partial charge in [0.1, 0.15) is 11.5 Å². The lowest BCUT2D eigenvalue weighted by Crippen LogP contribution is -2.39. The second-order valence-electron chi connectivity index (χ2n) is 14.3. The van der Waals surface area contributed by atoms with Gasteiger partial charge in [-0.05, 0) is 80.9 Å². The number of fused-ring (bicyclic) bond motifs is 8. The number of aromatic nitrogens is 1. The highest BCUT2D eigenvalue weighted by molar-refractivity contribution is 8.00.